The van der Waals surface area contributed by atoms with Crippen LogP contribution in [0.25, 0.3) is 6.08 Å². The molecule has 3 heteroatoms. The summed E-state index contributed by atoms with van der Waals surface area (Å²) in [4.78, 5) is 13.8. The first-order valence-corrected chi connectivity index (χ1v) is 6.36. The molecule has 1 aliphatic heterocycles. The fourth-order valence-electron chi connectivity index (χ4n) is 2.00. The van der Waals surface area contributed by atoms with Crippen LogP contribution in [-0.4, -0.2) is 23.9 Å². The molecule has 0 aromatic heterocycles. The van der Waals surface area contributed by atoms with Gasteiger partial charge >= 0.3 is 0 Å². The zero-order valence-electron chi connectivity index (χ0n) is 9.73. The van der Waals surface area contributed by atoms with Crippen molar-refractivity contribution in [2.75, 3.05) is 13.1 Å². The van der Waals surface area contributed by atoms with Crippen molar-refractivity contribution in [1.82, 2.24) is 4.90 Å². The highest BCUT2D eigenvalue weighted by Gasteiger charge is 2.13. The summed E-state index contributed by atoms with van der Waals surface area (Å²) in [6.07, 6.45) is 6.94. The van der Waals surface area contributed by atoms with Gasteiger partial charge in [0.2, 0.25) is 5.91 Å². The second-order valence-electron chi connectivity index (χ2n) is 4.27. The molecule has 0 bridgehead atoms. The molecule has 1 aliphatic rings. The predicted octanol–water partition coefficient (Wildman–Crippen LogP) is 3.37. The molecule has 1 aromatic carbocycles. The lowest BCUT2D eigenvalue weighted by Gasteiger charge is -2.25. The topological polar surface area (TPSA) is 20.3 Å². The summed E-state index contributed by atoms with van der Waals surface area (Å²) in [5.74, 6) is 0.102. The lowest BCUT2D eigenvalue weighted by Crippen LogP contribution is -2.34. The van der Waals surface area contributed by atoms with Gasteiger partial charge in [0.25, 0.3) is 0 Å². The molecule has 1 aromatic rings. The molecule has 1 heterocycles. The Labute approximate surface area is 107 Å². The number of hydrogen-bond acceptors (Lipinski definition) is 1. The van der Waals surface area contributed by atoms with Crippen molar-refractivity contribution in [3.63, 3.8) is 0 Å². The largest absolute Gasteiger partial charge is 0.339 e. The van der Waals surface area contributed by atoms with Gasteiger partial charge in [0.1, 0.15) is 0 Å². The zero-order valence-corrected chi connectivity index (χ0v) is 10.5. The number of likely N-dealkylation sites (tertiary alicyclic amines) is 1. The molecule has 1 amide bonds. The normalized spacial score (nSPS) is 16.4. The average Bonchev–Trinajstić information content (AvgIpc) is 2.37. The van der Waals surface area contributed by atoms with Crippen molar-refractivity contribution in [3.05, 3.63) is 40.9 Å². The van der Waals surface area contributed by atoms with E-state index < -0.39 is 0 Å². The van der Waals surface area contributed by atoms with Crippen molar-refractivity contribution in [2.24, 2.45) is 0 Å². The molecule has 1 fully saturated rings. The number of carbonyl (C=O) groups excluding carboxylic acids is 1. The smallest absolute Gasteiger partial charge is 0.246 e. The number of rotatable bonds is 2. The highest BCUT2D eigenvalue weighted by Crippen LogP contribution is 2.13. The summed E-state index contributed by atoms with van der Waals surface area (Å²) in [5, 5.41) is 0.692. The fraction of sp³-hybridized carbons (Fsp3) is 0.357. The van der Waals surface area contributed by atoms with Crippen LogP contribution in [-0.2, 0) is 4.79 Å². The Morgan fingerprint density at radius 1 is 1.24 bits per heavy atom. The number of carbonyl (C=O) groups is 1. The fourth-order valence-corrected chi connectivity index (χ4v) is 2.20. The van der Waals surface area contributed by atoms with Gasteiger partial charge in [0.15, 0.2) is 0 Å². The van der Waals surface area contributed by atoms with Gasteiger partial charge in [0.05, 0.1) is 0 Å². The number of piperidine rings is 1. The van der Waals surface area contributed by atoms with E-state index in [4.69, 9.17) is 11.6 Å². The van der Waals surface area contributed by atoms with E-state index in [1.165, 1.54) is 6.42 Å². The van der Waals surface area contributed by atoms with E-state index in [1.54, 1.807) is 6.08 Å². The third-order valence-corrected chi connectivity index (χ3v) is 3.17. The van der Waals surface area contributed by atoms with Gasteiger partial charge in [-0.3, -0.25) is 4.79 Å². The Hall–Kier alpha value is -1.28. The highest BCUT2D eigenvalue weighted by molar-refractivity contribution is 6.30. The molecule has 1 saturated heterocycles. The monoisotopic (exact) mass is 249 g/mol. The predicted molar refractivity (Wildman–Crippen MR) is 70.9 cm³/mol. The highest BCUT2D eigenvalue weighted by atomic mass is 35.5. The van der Waals surface area contributed by atoms with Gasteiger partial charge < -0.3 is 4.90 Å². The lowest BCUT2D eigenvalue weighted by molar-refractivity contribution is -0.126. The first kappa shape index (κ1) is 12.2. The molecule has 0 N–H and O–H groups in total. The van der Waals surface area contributed by atoms with Crippen LogP contribution >= 0.6 is 11.6 Å². The maximum absolute atomic E-state index is 11.9. The average molecular weight is 250 g/mol. The van der Waals surface area contributed by atoms with E-state index in [0.717, 1.165) is 31.5 Å². The number of amides is 1. The third kappa shape index (κ3) is 3.60. The molecule has 0 atom stereocenters. The molecule has 0 spiro atoms. The zero-order chi connectivity index (χ0) is 12.1. The molecule has 0 saturated carbocycles. The molecule has 0 aliphatic carbocycles. The van der Waals surface area contributed by atoms with Crippen LogP contribution in [0.4, 0.5) is 0 Å². The van der Waals surface area contributed by atoms with Crippen LogP contribution < -0.4 is 0 Å². The van der Waals surface area contributed by atoms with Crippen LogP contribution in [0.1, 0.15) is 24.8 Å². The van der Waals surface area contributed by atoms with Crippen LogP contribution in [0.15, 0.2) is 30.3 Å². The van der Waals surface area contributed by atoms with Gasteiger partial charge in [-0.15, -0.1) is 0 Å². The van der Waals surface area contributed by atoms with Crippen LogP contribution in [0, 0.1) is 0 Å². The number of benzene rings is 1. The van der Waals surface area contributed by atoms with E-state index in [-0.39, 0.29) is 5.91 Å². The summed E-state index contributed by atoms with van der Waals surface area (Å²) < 4.78 is 0. The molecule has 2 rings (SSSR count). The summed E-state index contributed by atoms with van der Waals surface area (Å²) in [7, 11) is 0. The van der Waals surface area contributed by atoms with Gasteiger partial charge in [0, 0.05) is 24.2 Å². The Kier molecular flexibility index (Phi) is 4.21. The molecular formula is C14H16ClNO. The maximum atomic E-state index is 11.9. The van der Waals surface area contributed by atoms with Gasteiger partial charge in [-0.25, -0.2) is 0 Å². The van der Waals surface area contributed by atoms with E-state index >= 15 is 0 Å². The maximum Gasteiger partial charge on any atom is 0.246 e. The summed E-state index contributed by atoms with van der Waals surface area (Å²) >= 11 is 5.88. The quantitative estimate of drug-likeness (QED) is 0.736. The number of nitrogens with zero attached hydrogens (tertiary/aromatic N) is 1. The summed E-state index contributed by atoms with van der Waals surface area (Å²) in [6.45, 7) is 1.78. The van der Waals surface area contributed by atoms with Crippen molar-refractivity contribution in [2.45, 2.75) is 19.3 Å². The van der Waals surface area contributed by atoms with Crippen LogP contribution in [0.3, 0.4) is 0 Å². The van der Waals surface area contributed by atoms with Crippen LogP contribution in [0.2, 0.25) is 5.02 Å². The molecule has 90 valence electrons. The minimum Gasteiger partial charge on any atom is -0.339 e. The first-order valence-electron chi connectivity index (χ1n) is 5.98. The Morgan fingerprint density at radius 2 is 2.00 bits per heavy atom. The van der Waals surface area contributed by atoms with Crippen molar-refractivity contribution in [1.29, 1.82) is 0 Å². The Balaban J connectivity index is 1.97. The Bertz CT molecular complexity index is 422. The molecule has 2 nitrogen and oxygen atoms in total. The first-order chi connectivity index (χ1) is 8.25. The minimum atomic E-state index is 0.102. The van der Waals surface area contributed by atoms with E-state index in [2.05, 4.69) is 0 Å². The van der Waals surface area contributed by atoms with Crippen molar-refractivity contribution in [3.8, 4) is 0 Å². The van der Waals surface area contributed by atoms with Crippen molar-refractivity contribution < 1.29 is 4.79 Å². The minimum absolute atomic E-state index is 0.102. The van der Waals surface area contributed by atoms with Crippen molar-refractivity contribution >= 4 is 23.6 Å². The van der Waals surface area contributed by atoms with Crippen LogP contribution in [0.5, 0.6) is 0 Å². The summed E-state index contributed by atoms with van der Waals surface area (Å²) in [6, 6.07) is 7.49. The van der Waals surface area contributed by atoms with Gasteiger partial charge in [-0.2, -0.15) is 0 Å². The molecule has 0 radical (unpaired) electrons. The molecule has 0 unspecified atom stereocenters. The SMILES string of the molecule is O=C(C=Cc1cccc(Cl)c1)N1CCCCC1. The standard InChI is InChI=1S/C14H16ClNO/c15-13-6-4-5-12(11-13)7-8-14(17)16-9-2-1-3-10-16/h4-8,11H,1-3,9-10H2. The molecule has 17 heavy (non-hydrogen) atoms. The van der Waals surface area contributed by atoms with Gasteiger partial charge in [-0.05, 0) is 43.0 Å². The molecular weight excluding hydrogens is 234 g/mol. The second kappa shape index (κ2) is 5.87. The van der Waals surface area contributed by atoms with E-state index in [1.807, 2.05) is 35.2 Å². The lowest BCUT2D eigenvalue weighted by atomic mass is 10.1. The van der Waals surface area contributed by atoms with E-state index in [9.17, 15) is 4.79 Å². The number of hydrogen-bond donors (Lipinski definition) is 0. The van der Waals surface area contributed by atoms with E-state index in [0.29, 0.717) is 5.02 Å². The third-order valence-electron chi connectivity index (χ3n) is 2.93. The summed E-state index contributed by atoms with van der Waals surface area (Å²) in [5.41, 5.74) is 0.961. The second-order valence-corrected chi connectivity index (χ2v) is 4.71. The van der Waals surface area contributed by atoms with Gasteiger partial charge in [-0.1, -0.05) is 23.7 Å². The number of halogens is 1. The Morgan fingerprint density at radius 3 is 2.71 bits per heavy atom.